The van der Waals surface area contributed by atoms with Crippen LogP contribution in [0.5, 0.6) is 0 Å². The highest BCUT2D eigenvalue weighted by Gasteiger charge is 2.14. The van der Waals surface area contributed by atoms with E-state index in [-0.39, 0.29) is 0 Å². The highest BCUT2D eigenvalue weighted by molar-refractivity contribution is 7.99. The lowest BCUT2D eigenvalue weighted by molar-refractivity contribution is 0.983. The topological polar surface area (TPSA) is 25.8 Å². The molecule has 0 saturated heterocycles. The van der Waals surface area contributed by atoms with E-state index in [9.17, 15) is 0 Å². The van der Waals surface area contributed by atoms with Crippen molar-refractivity contribution in [3.05, 3.63) is 41.2 Å². The van der Waals surface area contributed by atoms with Crippen LogP contribution in [0.2, 0.25) is 5.02 Å². The molecule has 16 heavy (non-hydrogen) atoms. The molecule has 2 nitrogen and oxygen atoms in total. The second-order valence-electron chi connectivity index (χ2n) is 3.61. The lowest BCUT2D eigenvalue weighted by atomic mass is 10.2. The number of hydrogen-bond acceptors (Lipinski definition) is 3. The molecule has 4 heteroatoms. The van der Waals surface area contributed by atoms with Gasteiger partial charge in [-0.05, 0) is 12.1 Å². The van der Waals surface area contributed by atoms with Gasteiger partial charge in [-0.25, -0.2) is 9.97 Å². The molecule has 1 aliphatic rings. The van der Waals surface area contributed by atoms with E-state index in [2.05, 4.69) is 9.97 Å². The largest absolute Gasteiger partial charge is 0.235 e. The molecule has 0 bridgehead atoms. The molecule has 0 N–H and O–H groups in total. The molecule has 0 atom stereocenters. The van der Waals surface area contributed by atoms with E-state index < -0.39 is 0 Å². The van der Waals surface area contributed by atoms with Crippen LogP contribution in [0, 0.1) is 0 Å². The quantitative estimate of drug-likeness (QED) is 0.773. The molecular weight excluding hydrogens is 240 g/mol. The van der Waals surface area contributed by atoms with Gasteiger partial charge >= 0.3 is 0 Å². The van der Waals surface area contributed by atoms with Crippen molar-refractivity contribution in [3.63, 3.8) is 0 Å². The van der Waals surface area contributed by atoms with E-state index >= 15 is 0 Å². The summed E-state index contributed by atoms with van der Waals surface area (Å²) in [6, 6.07) is 7.65. The Bertz CT molecular complexity index is 542. The molecule has 0 unspecified atom stereocenters. The van der Waals surface area contributed by atoms with Crippen LogP contribution in [0.1, 0.15) is 5.69 Å². The average Bonchev–Trinajstić information content (AvgIpc) is 2.75. The summed E-state index contributed by atoms with van der Waals surface area (Å²) in [6.07, 6.45) is 2.95. The maximum Gasteiger partial charge on any atom is 0.159 e. The summed E-state index contributed by atoms with van der Waals surface area (Å²) in [5, 5.41) is 0.718. The van der Waals surface area contributed by atoms with Crippen LogP contribution in [0.3, 0.4) is 0 Å². The Morgan fingerprint density at radius 2 is 2.25 bits per heavy atom. The minimum atomic E-state index is 0.718. The molecule has 0 spiro atoms. The molecule has 0 saturated carbocycles. The van der Waals surface area contributed by atoms with E-state index in [0.29, 0.717) is 0 Å². The Morgan fingerprint density at radius 3 is 3.12 bits per heavy atom. The van der Waals surface area contributed by atoms with Crippen molar-refractivity contribution < 1.29 is 0 Å². The van der Waals surface area contributed by atoms with Crippen LogP contribution in [0.4, 0.5) is 0 Å². The Labute approximate surface area is 103 Å². The average molecular weight is 249 g/mol. The minimum absolute atomic E-state index is 0.718. The monoisotopic (exact) mass is 248 g/mol. The Morgan fingerprint density at radius 1 is 1.31 bits per heavy atom. The van der Waals surface area contributed by atoms with Gasteiger partial charge in [0, 0.05) is 33.9 Å². The van der Waals surface area contributed by atoms with Crippen LogP contribution in [0.15, 0.2) is 35.4 Å². The minimum Gasteiger partial charge on any atom is -0.235 e. The van der Waals surface area contributed by atoms with Gasteiger partial charge in [0.1, 0.15) is 0 Å². The van der Waals surface area contributed by atoms with Crippen LogP contribution in [-0.4, -0.2) is 15.7 Å². The van der Waals surface area contributed by atoms with Crippen molar-refractivity contribution in [3.8, 4) is 11.4 Å². The number of rotatable bonds is 1. The van der Waals surface area contributed by atoms with E-state index in [1.54, 1.807) is 0 Å². The fourth-order valence-electron chi connectivity index (χ4n) is 1.73. The molecule has 0 aliphatic carbocycles. The van der Waals surface area contributed by atoms with Gasteiger partial charge < -0.3 is 0 Å². The van der Waals surface area contributed by atoms with Crippen molar-refractivity contribution in [1.82, 2.24) is 9.97 Å². The Balaban J connectivity index is 2.07. The van der Waals surface area contributed by atoms with Gasteiger partial charge in [0.25, 0.3) is 0 Å². The summed E-state index contributed by atoms with van der Waals surface area (Å²) < 4.78 is 0. The van der Waals surface area contributed by atoms with E-state index in [4.69, 9.17) is 11.6 Å². The zero-order valence-electron chi connectivity index (χ0n) is 8.48. The molecule has 3 rings (SSSR count). The number of benzene rings is 1. The van der Waals surface area contributed by atoms with Gasteiger partial charge in [0.2, 0.25) is 0 Å². The highest BCUT2D eigenvalue weighted by atomic mass is 35.5. The SMILES string of the molecule is Clc1cccc(-c2ncc3c(n2)CCS3)c1. The number of halogens is 1. The molecule has 2 heterocycles. The van der Waals surface area contributed by atoms with Crippen molar-refractivity contribution in [2.45, 2.75) is 11.3 Å². The lowest BCUT2D eigenvalue weighted by Crippen LogP contribution is -1.94. The molecule has 1 aromatic heterocycles. The number of thioether (sulfide) groups is 1. The van der Waals surface area contributed by atoms with Gasteiger partial charge in [-0.1, -0.05) is 23.7 Å². The number of aromatic nitrogens is 2. The highest BCUT2D eigenvalue weighted by Crippen LogP contribution is 2.30. The molecule has 80 valence electrons. The van der Waals surface area contributed by atoms with Gasteiger partial charge in [-0.3, -0.25) is 0 Å². The van der Waals surface area contributed by atoms with Crippen molar-refractivity contribution >= 4 is 23.4 Å². The standard InChI is InChI=1S/C12H9ClN2S/c13-9-3-1-2-8(6-9)12-14-7-11-10(15-12)4-5-16-11/h1-3,6-7H,4-5H2. The summed E-state index contributed by atoms with van der Waals surface area (Å²) in [5.74, 6) is 1.88. The first-order valence-electron chi connectivity index (χ1n) is 5.07. The fourth-order valence-corrected chi connectivity index (χ4v) is 2.88. The first-order chi connectivity index (χ1) is 7.83. The number of aryl methyl sites for hydroxylation is 1. The third kappa shape index (κ3) is 1.81. The number of nitrogens with zero attached hydrogens (tertiary/aromatic N) is 2. The van der Waals surface area contributed by atoms with Crippen LogP contribution in [-0.2, 0) is 6.42 Å². The van der Waals surface area contributed by atoms with E-state index in [1.165, 1.54) is 4.90 Å². The van der Waals surface area contributed by atoms with E-state index in [1.807, 2.05) is 42.2 Å². The molecular formula is C12H9ClN2S. The first kappa shape index (κ1) is 10.1. The predicted octanol–water partition coefficient (Wildman–Crippen LogP) is 3.45. The molecule has 0 fully saturated rings. The van der Waals surface area contributed by atoms with Crippen molar-refractivity contribution in [1.29, 1.82) is 0 Å². The zero-order chi connectivity index (χ0) is 11.0. The van der Waals surface area contributed by atoms with Crippen molar-refractivity contribution in [2.24, 2.45) is 0 Å². The number of fused-ring (bicyclic) bond motifs is 1. The molecule has 0 amide bonds. The van der Waals surface area contributed by atoms with Gasteiger partial charge in [0.15, 0.2) is 5.82 Å². The van der Waals surface area contributed by atoms with Gasteiger partial charge in [-0.2, -0.15) is 0 Å². The van der Waals surface area contributed by atoms with Crippen molar-refractivity contribution in [2.75, 3.05) is 5.75 Å². The fraction of sp³-hybridized carbons (Fsp3) is 0.167. The summed E-state index contributed by atoms with van der Waals surface area (Å²) in [6.45, 7) is 0. The molecule has 1 aromatic carbocycles. The second-order valence-corrected chi connectivity index (χ2v) is 5.19. The Kier molecular flexibility index (Phi) is 2.58. The van der Waals surface area contributed by atoms with Gasteiger partial charge in [0.05, 0.1) is 5.69 Å². The molecule has 1 aliphatic heterocycles. The zero-order valence-corrected chi connectivity index (χ0v) is 10.1. The maximum absolute atomic E-state index is 5.95. The summed E-state index contributed by atoms with van der Waals surface area (Å²) >= 11 is 7.78. The maximum atomic E-state index is 5.95. The lowest BCUT2D eigenvalue weighted by Gasteiger charge is -2.02. The summed E-state index contributed by atoms with van der Waals surface area (Å²) in [5.41, 5.74) is 2.14. The first-order valence-corrected chi connectivity index (χ1v) is 6.44. The third-order valence-electron chi connectivity index (χ3n) is 2.51. The third-order valence-corrected chi connectivity index (χ3v) is 3.80. The molecule has 0 radical (unpaired) electrons. The van der Waals surface area contributed by atoms with Gasteiger partial charge in [-0.15, -0.1) is 11.8 Å². The van der Waals surface area contributed by atoms with Crippen LogP contribution in [0.25, 0.3) is 11.4 Å². The second kappa shape index (κ2) is 4.07. The van der Waals surface area contributed by atoms with E-state index in [0.717, 1.165) is 34.3 Å². The predicted molar refractivity (Wildman–Crippen MR) is 66.9 cm³/mol. The number of hydrogen-bond donors (Lipinski definition) is 0. The summed E-state index contributed by atoms with van der Waals surface area (Å²) in [7, 11) is 0. The van der Waals surface area contributed by atoms with Crippen LogP contribution >= 0.6 is 23.4 Å². The smallest absolute Gasteiger partial charge is 0.159 e. The molecule has 2 aromatic rings. The summed E-state index contributed by atoms with van der Waals surface area (Å²) in [4.78, 5) is 10.2. The normalized spacial score (nSPS) is 13.8. The van der Waals surface area contributed by atoms with Crippen LogP contribution < -0.4 is 0 Å². The Hall–Kier alpha value is -1.06.